The Morgan fingerprint density at radius 1 is 1.12 bits per heavy atom. The van der Waals surface area contributed by atoms with E-state index in [9.17, 15) is 14.4 Å². The molecule has 0 aliphatic rings. The van der Waals surface area contributed by atoms with Gasteiger partial charge in [0.05, 0.1) is 11.4 Å². The van der Waals surface area contributed by atoms with Crippen LogP contribution >= 0.6 is 11.6 Å². The van der Waals surface area contributed by atoms with Crippen LogP contribution in [0.5, 0.6) is 5.75 Å². The second-order valence-corrected chi connectivity index (χ2v) is 7.66. The van der Waals surface area contributed by atoms with Gasteiger partial charge in [0.25, 0.3) is 11.5 Å². The van der Waals surface area contributed by atoms with Crippen LogP contribution in [0.25, 0.3) is 5.69 Å². The Morgan fingerprint density at radius 3 is 2.47 bits per heavy atom. The molecule has 0 spiro atoms. The molecule has 1 unspecified atom stereocenters. The molecule has 1 heterocycles. The molecule has 1 amide bonds. The molecule has 0 aliphatic heterocycles. The van der Waals surface area contributed by atoms with Crippen LogP contribution in [0.4, 0.5) is 5.69 Å². The number of nitrogens with one attached hydrogen (secondary N) is 1. The fourth-order valence-corrected chi connectivity index (χ4v) is 3.19. The lowest BCUT2D eigenvalue weighted by molar-refractivity contribution is -0.155. The zero-order valence-electron chi connectivity index (χ0n) is 18.2. The number of ether oxygens (including phenoxy) is 2. The summed E-state index contributed by atoms with van der Waals surface area (Å²) < 4.78 is 13.6. The third-order valence-electron chi connectivity index (χ3n) is 4.97. The molecule has 9 heteroatoms. The number of para-hydroxylation sites is 1. The van der Waals surface area contributed by atoms with E-state index in [-0.39, 0.29) is 17.9 Å². The molecule has 32 heavy (non-hydrogen) atoms. The SMILES string of the molecule is Cc1cc(OCC(=O)OC(C)C(=O)Nc2c(C)n(C)n(-c3ccccc3)c2=O)ccc1Cl. The average Bonchev–Trinajstić information content (AvgIpc) is 2.98. The number of hydrogen-bond acceptors (Lipinski definition) is 5. The molecule has 0 saturated carbocycles. The minimum absolute atomic E-state index is 0.122. The second kappa shape index (κ2) is 9.74. The van der Waals surface area contributed by atoms with Crippen LogP contribution in [0.2, 0.25) is 5.02 Å². The van der Waals surface area contributed by atoms with Crippen molar-refractivity contribution in [2.24, 2.45) is 7.05 Å². The lowest BCUT2D eigenvalue weighted by atomic mass is 10.2. The monoisotopic (exact) mass is 457 g/mol. The molecule has 1 aromatic heterocycles. The van der Waals surface area contributed by atoms with Crippen LogP contribution in [0.15, 0.2) is 53.3 Å². The van der Waals surface area contributed by atoms with E-state index in [1.165, 1.54) is 11.6 Å². The van der Waals surface area contributed by atoms with Crippen molar-refractivity contribution in [3.05, 3.63) is 75.2 Å². The molecule has 2 aromatic carbocycles. The first-order chi connectivity index (χ1) is 15.2. The summed E-state index contributed by atoms with van der Waals surface area (Å²) >= 11 is 5.96. The summed E-state index contributed by atoms with van der Waals surface area (Å²) in [6, 6.07) is 14.1. The first-order valence-corrected chi connectivity index (χ1v) is 10.3. The second-order valence-electron chi connectivity index (χ2n) is 7.26. The highest BCUT2D eigenvalue weighted by molar-refractivity contribution is 6.31. The van der Waals surface area contributed by atoms with E-state index in [1.54, 1.807) is 49.0 Å². The standard InChI is InChI=1S/C23H24ClN3O5/c1-14-12-18(10-11-19(14)24)31-13-20(28)32-16(3)22(29)25-21-15(2)26(4)27(23(21)30)17-8-6-5-7-9-17/h5-12,16H,13H2,1-4H3,(H,25,29). The smallest absolute Gasteiger partial charge is 0.344 e. The first-order valence-electron chi connectivity index (χ1n) is 9.92. The molecule has 0 radical (unpaired) electrons. The maximum atomic E-state index is 12.9. The van der Waals surface area contributed by atoms with E-state index in [0.29, 0.717) is 22.2 Å². The lowest BCUT2D eigenvalue weighted by Crippen LogP contribution is -2.33. The largest absolute Gasteiger partial charge is 0.482 e. The van der Waals surface area contributed by atoms with Crippen molar-refractivity contribution < 1.29 is 19.1 Å². The summed E-state index contributed by atoms with van der Waals surface area (Å²) in [5, 5.41) is 3.17. The minimum atomic E-state index is -1.12. The van der Waals surface area contributed by atoms with Crippen molar-refractivity contribution in [1.82, 2.24) is 9.36 Å². The van der Waals surface area contributed by atoms with E-state index < -0.39 is 18.0 Å². The number of carbonyl (C=O) groups excluding carboxylic acids is 2. The van der Waals surface area contributed by atoms with Crippen LogP contribution in [0.3, 0.4) is 0 Å². The van der Waals surface area contributed by atoms with E-state index >= 15 is 0 Å². The highest BCUT2D eigenvalue weighted by Crippen LogP contribution is 2.21. The fourth-order valence-electron chi connectivity index (χ4n) is 3.07. The Kier molecular flexibility index (Phi) is 7.05. The lowest BCUT2D eigenvalue weighted by Gasteiger charge is -2.13. The van der Waals surface area contributed by atoms with Gasteiger partial charge in [-0.2, -0.15) is 0 Å². The molecule has 0 fully saturated rings. The predicted molar refractivity (Wildman–Crippen MR) is 122 cm³/mol. The molecule has 3 rings (SSSR count). The normalized spacial score (nSPS) is 11.7. The van der Waals surface area contributed by atoms with Crippen molar-refractivity contribution in [2.75, 3.05) is 11.9 Å². The van der Waals surface area contributed by atoms with E-state index in [2.05, 4.69) is 5.32 Å². The Labute approximate surface area is 190 Å². The fraction of sp³-hybridized carbons (Fsp3) is 0.261. The van der Waals surface area contributed by atoms with Crippen molar-refractivity contribution in [3.8, 4) is 11.4 Å². The molecule has 8 nitrogen and oxygen atoms in total. The summed E-state index contributed by atoms with van der Waals surface area (Å²) in [6.45, 7) is 4.59. The molecular weight excluding hydrogens is 434 g/mol. The number of rotatable bonds is 7. The van der Waals surface area contributed by atoms with Crippen LogP contribution in [0, 0.1) is 13.8 Å². The Morgan fingerprint density at radius 2 is 1.81 bits per heavy atom. The van der Waals surface area contributed by atoms with Gasteiger partial charge in [-0.25, -0.2) is 9.48 Å². The highest BCUT2D eigenvalue weighted by atomic mass is 35.5. The topological polar surface area (TPSA) is 91.6 Å². The molecule has 0 saturated heterocycles. The third kappa shape index (κ3) is 5.03. The van der Waals surface area contributed by atoms with Crippen molar-refractivity contribution in [2.45, 2.75) is 26.9 Å². The number of amides is 1. The average molecular weight is 458 g/mol. The number of aryl methyl sites for hydroxylation is 1. The van der Waals surface area contributed by atoms with Crippen LogP contribution in [0.1, 0.15) is 18.2 Å². The summed E-state index contributed by atoms with van der Waals surface area (Å²) in [7, 11) is 1.72. The summed E-state index contributed by atoms with van der Waals surface area (Å²) in [5.74, 6) is -0.874. The van der Waals surface area contributed by atoms with Crippen LogP contribution in [-0.4, -0.2) is 34.0 Å². The van der Waals surface area contributed by atoms with Crippen LogP contribution < -0.4 is 15.6 Å². The number of hydrogen-bond donors (Lipinski definition) is 1. The predicted octanol–water partition coefficient (Wildman–Crippen LogP) is 3.40. The molecule has 1 N–H and O–H groups in total. The minimum Gasteiger partial charge on any atom is -0.482 e. The van der Waals surface area contributed by atoms with Gasteiger partial charge < -0.3 is 14.8 Å². The van der Waals surface area contributed by atoms with Gasteiger partial charge in [0.2, 0.25) is 0 Å². The van der Waals surface area contributed by atoms with Crippen molar-refractivity contribution >= 4 is 29.2 Å². The van der Waals surface area contributed by atoms with Crippen molar-refractivity contribution in [3.63, 3.8) is 0 Å². The quantitative estimate of drug-likeness (QED) is 0.549. The molecule has 0 aliphatic carbocycles. The maximum absolute atomic E-state index is 12.9. The van der Waals surface area contributed by atoms with Gasteiger partial charge in [0, 0.05) is 12.1 Å². The Balaban J connectivity index is 1.64. The highest BCUT2D eigenvalue weighted by Gasteiger charge is 2.23. The number of carbonyl (C=O) groups is 2. The van der Waals surface area contributed by atoms with Gasteiger partial charge in [-0.1, -0.05) is 29.8 Å². The number of halogens is 1. The number of aromatic nitrogens is 2. The van der Waals surface area contributed by atoms with Gasteiger partial charge in [-0.3, -0.25) is 14.3 Å². The van der Waals surface area contributed by atoms with Gasteiger partial charge >= 0.3 is 5.97 Å². The van der Waals surface area contributed by atoms with Gasteiger partial charge in [0.15, 0.2) is 12.7 Å². The molecule has 168 valence electrons. The van der Waals surface area contributed by atoms with E-state index in [1.807, 2.05) is 25.1 Å². The maximum Gasteiger partial charge on any atom is 0.344 e. The summed E-state index contributed by atoms with van der Waals surface area (Å²) in [5.41, 5.74) is 1.77. The zero-order valence-corrected chi connectivity index (χ0v) is 19.0. The van der Waals surface area contributed by atoms with Gasteiger partial charge in [0.1, 0.15) is 11.4 Å². The Hall–Kier alpha value is -3.52. The molecule has 3 aromatic rings. The van der Waals surface area contributed by atoms with Crippen molar-refractivity contribution in [1.29, 1.82) is 0 Å². The number of esters is 1. The van der Waals surface area contributed by atoms with E-state index in [0.717, 1.165) is 5.56 Å². The number of benzene rings is 2. The van der Waals surface area contributed by atoms with Gasteiger partial charge in [-0.15, -0.1) is 0 Å². The number of anilines is 1. The first kappa shape index (κ1) is 23.1. The van der Waals surface area contributed by atoms with Crippen LogP contribution in [-0.2, 0) is 21.4 Å². The molecular formula is C23H24ClN3O5. The molecule has 1 atom stereocenters. The molecule has 0 bridgehead atoms. The summed E-state index contributed by atoms with van der Waals surface area (Å²) in [4.78, 5) is 37.5. The number of nitrogens with zero attached hydrogens (tertiary/aromatic N) is 2. The zero-order chi connectivity index (χ0) is 23.4. The third-order valence-corrected chi connectivity index (χ3v) is 5.39. The van der Waals surface area contributed by atoms with Gasteiger partial charge in [-0.05, 0) is 56.7 Å². The van der Waals surface area contributed by atoms with E-state index in [4.69, 9.17) is 21.1 Å². The summed E-state index contributed by atoms with van der Waals surface area (Å²) in [6.07, 6.45) is -1.12. The Bertz CT molecular complexity index is 1200.